The van der Waals surface area contributed by atoms with E-state index in [1.165, 1.54) is 6.07 Å². The Labute approximate surface area is 234 Å². The van der Waals surface area contributed by atoms with Crippen molar-refractivity contribution >= 4 is 27.8 Å². The average Bonchev–Trinajstić information content (AvgIpc) is 3.50. The summed E-state index contributed by atoms with van der Waals surface area (Å²) < 4.78 is 40.9. The average molecular weight is 604 g/mol. The minimum absolute atomic E-state index is 0.212. The summed E-state index contributed by atoms with van der Waals surface area (Å²) >= 11 is 3.71. The van der Waals surface area contributed by atoms with Crippen LogP contribution in [0.2, 0.25) is 0 Å². The molecule has 2 N–H and O–H groups in total. The highest BCUT2D eigenvalue weighted by Crippen LogP contribution is 2.37. The van der Waals surface area contributed by atoms with Crippen LogP contribution in [0.15, 0.2) is 53.0 Å². The van der Waals surface area contributed by atoms with E-state index in [-0.39, 0.29) is 17.9 Å². The summed E-state index contributed by atoms with van der Waals surface area (Å²) in [4.78, 5) is 15.6. The number of carbonyl (C=O) groups is 1. The Morgan fingerprint density at radius 1 is 1.13 bits per heavy atom. The predicted octanol–water partition coefficient (Wildman–Crippen LogP) is 5.04. The lowest BCUT2D eigenvalue weighted by atomic mass is 9.94. The van der Waals surface area contributed by atoms with E-state index in [2.05, 4.69) is 31.5 Å². The molecule has 208 valence electrons. The van der Waals surface area contributed by atoms with Gasteiger partial charge in [0.2, 0.25) is 0 Å². The highest BCUT2D eigenvalue weighted by molar-refractivity contribution is 9.10. The Morgan fingerprint density at radius 2 is 1.90 bits per heavy atom. The summed E-state index contributed by atoms with van der Waals surface area (Å²) in [6, 6.07) is 12.8. The number of nitrogens with zero attached hydrogens (tertiary/aromatic N) is 3. The van der Waals surface area contributed by atoms with E-state index in [0.717, 1.165) is 34.8 Å². The van der Waals surface area contributed by atoms with E-state index in [1.807, 2.05) is 30.3 Å². The molecule has 2 aliphatic rings. The van der Waals surface area contributed by atoms with Crippen LogP contribution in [-0.2, 0) is 9.47 Å². The lowest BCUT2D eigenvalue weighted by Crippen LogP contribution is -2.42. The van der Waals surface area contributed by atoms with E-state index >= 15 is 0 Å². The number of para-hydroxylation sites is 1. The molecule has 2 amide bonds. The number of hydrogen-bond acceptors (Lipinski definition) is 5. The number of halogens is 3. The monoisotopic (exact) mass is 603 g/mol. The van der Waals surface area contributed by atoms with Gasteiger partial charge < -0.3 is 14.8 Å². The molecule has 11 heteroatoms. The zero-order valence-corrected chi connectivity index (χ0v) is 23.3. The van der Waals surface area contributed by atoms with Crippen LogP contribution >= 0.6 is 15.9 Å². The second-order valence-electron chi connectivity index (χ2n) is 9.92. The number of urea groups is 1. The molecule has 39 heavy (non-hydrogen) atoms. The summed E-state index contributed by atoms with van der Waals surface area (Å²) in [6.45, 7) is 3.67. The van der Waals surface area contributed by atoms with Gasteiger partial charge in [0.05, 0.1) is 28.5 Å². The largest absolute Gasteiger partial charge is 0.383 e. The van der Waals surface area contributed by atoms with Gasteiger partial charge in [-0.3, -0.25) is 10.2 Å². The molecule has 8 nitrogen and oxygen atoms in total. The number of nitrogens with one attached hydrogen (secondary N) is 2. The maximum absolute atomic E-state index is 14.1. The predicted molar refractivity (Wildman–Crippen MR) is 147 cm³/mol. The van der Waals surface area contributed by atoms with Crippen LogP contribution in [0.5, 0.6) is 0 Å². The number of carbonyl (C=O) groups excluding carboxylic acids is 1. The topological polar surface area (TPSA) is 80.7 Å². The standard InChI is InChI=1S/C28H32BrF2N5O3/c1-38-14-11-35-16-21(19-7-8-22(30)23(31)15-19)24(17-35)32-28(37)33-27-25(29)26(18-9-12-39-13-10-18)34-36(27)20-5-3-2-4-6-20/h2-8,15,18,21,24H,9-14,16-17H2,1H3,(H2,32,33,37)/t21-,24+/m0/s1. The molecule has 1 aromatic heterocycles. The van der Waals surface area contributed by atoms with Crippen molar-refractivity contribution in [2.24, 2.45) is 0 Å². The van der Waals surface area contributed by atoms with Crippen LogP contribution in [0, 0.1) is 11.6 Å². The van der Waals surface area contributed by atoms with Gasteiger partial charge in [-0.15, -0.1) is 0 Å². The third-order valence-electron chi connectivity index (χ3n) is 7.39. The van der Waals surface area contributed by atoms with Gasteiger partial charge in [0, 0.05) is 51.8 Å². The van der Waals surface area contributed by atoms with Gasteiger partial charge in [-0.05, 0) is 58.6 Å². The first kappa shape index (κ1) is 27.7. The number of ether oxygens (including phenoxy) is 2. The fraction of sp³-hybridized carbons (Fsp3) is 0.429. The molecule has 0 spiro atoms. The van der Waals surface area contributed by atoms with Crippen molar-refractivity contribution in [3.8, 4) is 5.69 Å². The first-order valence-electron chi connectivity index (χ1n) is 13.1. The minimum Gasteiger partial charge on any atom is -0.383 e. The zero-order chi connectivity index (χ0) is 27.4. The summed E-state index contributed by atoms with van der Waals surface area (Å²) in [5, 5.41) is 11.0. The van der Waals surface area contributed by atoms with Crippen molar-refractivity contribution in [1.29, 1.82) is 0 Å². The Kier molecular flexibility index (Phi) is 8.91. The molecule has 2 atom stereocenters. The fourth-order valence-electron chi connectivity index (χ4n) is 5.34. The van der Waals surface area contributed by atoms with Gasteiger partial charge in [0.15, 0.2) is 17.5 Å². The number of methoxy groups -OCH3 is 1. The third kappa shape index (κ3) is 6.32. The highest BCUT2D eigenvalue weighted by Gasteiger charge is 2.35. The quantitative estimate of drug-likeness (QED) is 0.377. The summed E-state index contributed by atoms with van der Waals surface area (Å²) in [6.07, 6.45) is 1.71. The number of rotatable bonds is 8. The summed E-state index contributed by atoms with van der Waals surface area (Å²) in [7, 11) is 1.63. The lowest BCUT2D eigenvalue weighted by molar-refractivity contribution is 0.0843. The number of anilines is 1. The molecule has 5 rings (SSSR count). The van der Waals surface area contributed by atoms with Crippen molar-refractivity contribution in [2.45, 2.75) is 30.7 Å². The molecular weight excluding hydrogens is 572 g/mol. The molecule has 0 aliphatic carbocycles. The second kappa shape index (κ2) is 12.5. The van der Waals surface area contributed by atoms with Gasteiger partial charge >= 0.3 is 6.03 Å². The van der Waals surface area contributed by atoms with Gasteiger partial charge in [-0.25, -0.2) is 18.3 Å². The van der Waals surface area contributed by atoms with Crippen molar-refractivity contribution < 1.29 is 23.0 Å². The molecule has 0 unspecified atom stereocenters. The Morgan fingerprint density at radius 3 is 2.62 bits per heavy atom. The van der Waals surface area contributed by atoms with E-state index in [4.69, 9.17) is 14.6 Å². The molecular formula is C28H32BrF2N5O3. The Balaban J connectivity index is 1.39. The van der Waals surface area contributed by atoms with Crippen molar-refractivity contribution in [2.75, 3.05) is 51.9 Å². The first-order chi connectivity index (χ1) is 18.9. The molecule has 3 aromatic rings. The fourth-order valence-corrected chi connectivity index (χ4v) is 6.01. The van der Waals surface area contributed by atoms with Crippen LogP contribution < -0.4 is 10.6 Å². The summed E-state index contributed by atoms with van der Waals surface area (Å²) in [5.74, 6) is -1.28. The van der Waals surface area contributed by atoms with E-state index in [9.17, 15) is 13.6 Å². The molecule has 0 saturated carbocycles. The maximum Gasteiger partial charge on any atom is 0.320 e. The van der Waals surface area contributed by atoms with Crippen molar-refractivity contribution in [3.63, 3.8) is 0 Å². The van der Waals surface area contributed by atoms with Crippen molar-refractivity contribution in [1.82, 2.24) is 20.0 Å². The number of amides is 2. The van der Waals surface area contributed by atoms with E-state index in [0.29, 0.717) is 50.8 Å². The third-order valence-corrected chi connectivity index (χ3v) is 8.17. The molecule has 2 aromatic carbocycles. The smallest absolute Gasteiger partial charge is 0.320 e. The number of benzene rings is 2. The first-order valence-corrected chi connectivity index (χ1v) is 13.9. The second-order valence-corrected chi connectivity index (χ2v) is 10.7. The molecule has 0 bridgehead atoms. The molecule has 3 heterocycles. The Hall–Kier alpha value is -2.86. The molecule has 2 fully saturated rings. The molecule has 0 radical (unpaired) electrons. The van der Waals surface area contributed by atoms with Gasteiger partial charge in [-0.2, -0.15) is 5.10 Å². The number of likely N-dealkylation sites (tertiary alicyclic amines) is 1. The number of aromatic nitrogens is 2. The van der Waals surface area contributed by atoms with Gasteiger partial charge in [0.25, 0.3) is 0 Å². The summed E-state index contributed by atoms with van der Waals surface area (Å²) in [5.41, 5.74) is 2.33. The van der Waals surface area contributed by atoms with Crippen LogP contribution in [0.25, 0.3) is 5.69 Å². The van der Waals surface area contributed by atoms with Gasteiger partial charge in [0.1, 0.15) is 0 Å². The number of hydrogen-bond donors (Lipinski definition) is 2. The van der Waals surface area contributed by atoms with Crippen LogP contribution in [0.1, 0.15) is 35.9 Å². The van der Waals surface area contributed by atoms with Gasteiger partial charge in [-0.1, -0.05) is 24.3 Å². The molecule has 2 saturated heterocycles. The Bertz CT molecular complexity index is 1290. The van der Waals surface area contributed by atoms with Crippen molar-refractivity contribution in [3.05, 3.63) is 75.9 Å². The van der Waals surface area contributed by atoms with Crippen LogP contribution in [-0.4, -0.2) is 73.3 Å². The normalized spacial score (nSPS) is 20.3. The van der Waals surface area contributed by atoms with E-state index in [1.54, 1.807) is 17.9 Å². The SMILES string of the molecule is COCCN1C[C@@H](NC(=O)Nc2c(Br)c(C3CCOCC3)nn2-c2ccccc2)[C@H](c2ccc(F)c(F)c2)C1. The molecule has 2 aliphatic heterocycles. The van der Waals surface area contributed by atoms with Crippen LogP contribution in [0.3, 0.4) is 0 Å². The van der Waals surface area contributed by atoms with Crippen LogP contribution in [0.4, 0.5) is 19.4 Å². The zero-order valence-electron chi connectivity index (χ0n) is 21.7. The highest BCUT2D eigenvalue weighted by atomic mass is 79.9. The van der Waals surface area contributed by atoms with E-state index < -0.39 is 17.7 Å². The lowest BCUT2D eigenvalue weighted by Gasteiger charge is -2.21. The maximum atomic E-state index is 14.1. The minimum atomic E-state index is -0.901.